The fourth-order valence-electron chi connectivity index (χ4n) is 4.69. The molecule has 0 amide bonds. The van der Waals surface area contributed by atoms with Gasteiger partial charge in [-0.3, -0.25) is 0 Å². The summed E-state index contributed by atoms with van der Waals surface area (Å²) in [6.45, 7) is 13.1. The third-order valence-electron chi connectivity index (χ3n) is 6.10. The van der Waals surface area contributed by atoms with E-state index in [0.29, 0.717) is 13.2 Å². The average Bonchev–Trinajstić information content (AvgIpc) is 2.64. The number of esters is 1. The third kappa shape index (κ3) is 4.91. The number of aliphatic hydroxyl groups is 1. The number of nitrogens with zero attached hydrogens (tertiary/aromatic N) is 1. The minimum absolute atomic E-state index is 0.0766. The van der Waals surface area contributed by atoms with E-state index in [1.807, 2.05) is 20.8 Å². The van der Waals surface area contributed by atoms with E-state index in [4.69, 9.17) is 4.74 Å². The van der Waals surface area contributed by atoms with Crippen molar-refractivity contribution >= 4 is 5.97 Å². The number of rotatable bonds is 8. The lowest BCUT2D eigenvalue weighted by Gasteiger charge is -2.38. The van der Waals surface area contributed by atoms with Gasteiger partial charge in [0.25, 0.3) is 0 Å². The molecule has 1 aromatic carbocycles. The van der Waals surface area contributed by atoms with Gasteiger partial charge in [0.1, 0.15) is 6.61 Å². The molecule has 0 aromatic heterocycles. The van der Waals surface area contributed by atoms with Crippen molar-refractivity contribution < 1.29 is 14.6 Å². The second-order valence-corrected chi connectivity index (χ2v) is 8.04. The highest BCUT2D eigenvalue weighted by molar-refractivity contribution is 5.82. The predicted molar refractivity (Wildman–Crippen MR) is 110 cm³/mol. The van der Waals surface area contributed by atoms with E-state index in [2.05, 4.69) is 30.9 Å². The van der Waals surface area contributed by atoms with E-state index in [-0.39, 0.29) is 5.92 Å². The maximum atomic E-state index is 13.2. The monoisotopic (exact) mass is 375 g/mol. The van der Waals surface area contributed by atoms with E-state index in [1.54, 1.807) is 0 Å². The highest BCUT2D eigenvalue weighted by Crippen LogP contribution is 2.43. The summed E-state index contributed by atoms with van der Waals surface area (Å²) >= 11 is 0. The lowest BCUT2D eigenvalue weighted by molar-refractivity contribution is -0.176. The Kier molecular flexibility index (Phi) is 7.87. The van der Waals surface area contributed by atoms with E-state index in [1.165, 1.54) is 6.42 Å². The summed E-state index contributed by atoms with van der Waals surface area (Å²) in [6, 6.07) is 4.11. The van der Waals surface area contributed by atoms with Crippen molar-refractivity contribution in [2.24, 2.45) is 5.92 Å². The second kappa shape index (κ2) is 9.70. The normalized spacial score (nSPS) is 17.7. The van der Waals surface area contributed by atoms with Crippen LogP contribution in [0.1, 0.15) is 68.2 Å². The standard InChI is InChI=1S/C23H37NO3/c1-6-24(7-2)13-14-27-22(25)23(26,20-11-9-8-10-12-20)21-18(4)15-17(3)16-19(21)5/h15-16,20,26H,6-14H2,1-5H3. The number of likely N-dealkylation sites (N-methyl/N-ethyl adjacent to an activating group) is 1. The van der Waals surface area contributed by atoms with Crippen LogP contribution < -0.4 is 0 Å². The molecule has 0 radical (unpaired) electrons. The highest BCUT2D eigenvalue weighted by atomic mass is 16.5. The molecule has 1 N–H and O–H groups in total. The fraction of sp³-hybridized carbons (Fsp3) is 0.696. The van der Waals surface area contributed by atoms with Crippen LogP contribution in [-0.4, -0.2) is 42.2 Å². The number of carbonyl (C=O) groups is 1. The largest absolute Gasteiger partial charge is 0.462 e. The summed E-state index contributed by atoms with van der Waals surface area (Å²) in [7, 11) is 0. The first-order valence-corrected chi connectivity index (χ1v) is 10.5. The maximum Gasteiger partial charge on any atom is 0.343 e. The Hall–Kier alpha value is -1.39. The lowest BCUT2D eigenvalue weighted by Crippen LogP contribution is -2.47. The van der Waals surface area contributed by atoms with Crippen molar-refractivity contribution in [2.45, 2.75) is 72.3 Å². The molecule has 27 heavy (non-hydrogen) atoms. The van der Waals surface area contributed by atoms with Gasteiger partial charge in [0.15, 0.2) is 5.60 Å². The molecule has 0 saturated heterocycles. The van der Waals surface area contributed by atoms with Gasteiger partial charge in [-0.05, 0) is 57.8 Å². The van der Waals surface area contributed by atoms with Crippen molar-refractivity contribution in [3.8, 4) is 0 Å². The first-order chi connectivity index (χ1) is 12.8. The maximum absolute atomic E-state index is 13.2. The van der Waals surface area contributed by atoms with E-state index in [9.17, 15) is 9.90 Å². The minimum Gasteiger partial charge on any atom is -0.462 e. The first-order valence-electron chi connectivity index (χ1n) is 10.5. The summed E-state index contributed by atoms with van der Waals surface area (Å²) in [5, 5.41) is 11.8. The summed E-state index contributed by atoms with van der Waals surface area (Å²) < 4.78 is 5.66. The van der Waals surface area contributed by atoms with Crippen molar-refractivity contribution in [3.63, 3.8) is 0 Å². The van der Waals surface area contributed by atoms with Crippen molar-refractivity contribution in [2.75, 3.05) is 26.2 Å². The topological polar surface area (TPSA) is 49.8 Å². The smallest absolute Gasteiger partial charge is 0.343 e. The number of carbonyl (C=O) groups excluding carboxylic acids is 1. The Balaban J connectivity index is 2.32. The Morgan fingerprint density at radius 2 is 1.67 bits per heavy atom. The molecule has 1 unspecified atom stereocenters. The zero-order valence-corrected chi connectivity index (χ0v) is 17.8. The van der Waals surface area contributed by atoms with Crippen LogP contribution in [0.4, 0.5) is 0 Å². The number of hydrogen-bond acceptors (Lipinski definition) is 4. The van der Waals surface area contributed by atoms with Gasteiger partial charge in [-0.25, -0.2) is 4.79 Å². The van der Waals surface area contributed by atoms with Gasteiger partial charge in [-0.15, -0.1) is 0 Å². The molecular weight excluding hydrogens is 338 g/mol. The minimum atomic E-state index is -1.55. The number of aryl methyl sites for hydroxylation is 3. The molecule has 1 aromatic rings. The van der Waals surface area contributed by atoms with Crippen LogP contribution in [0.2, 0.25) is 0 Å². The molecule has 1 aliphatic carbocycles. The van der Waals surface area contributed by atoms with Gasteiger partial charge in [0.2, 0.25) is 0 Å². The Labute approximate surface area is 164 Å². The summed E-state index contributed by atoms with van der Waals surface area (Å²) in [4.78, 5) is 15.4. The van der Waals surface area contributed by atoms with E-state index in [0.717, 1.165) is 61.0 Å². The zero-order valence-electron chi connectivity index (χ0n) is 17.8. The van der Waals surface area contributed by atoms with Gasteiger partial charge in [0, 0.05) is 18.0 Å². The van der Waals surface area contributed by atoms with E-state index >= 15 is 0 Å². The number of benzene rings is 1. The third-order valence-corrected chi connectivity index (χ3v) is 6.10. The van der Waals surface area contributed by atoms with Gasteiger partial charge in [0.05, 0.1) is 0 Å². The van der Waals surface area contributed by atoms with Crippen molar-refractivity contribution in [1.29, 1.82) is 0 Å². The summed E-state index contributed by atoms with van der Waals surface area (Å²) in [6.07, 6.45) is 5.03. The van der Waals surface area contributed by atoms with Crippen LogP contribution in [0.3, 0.4) is 0 Å². The number of ether oxygens (including phenoxy) is 1. The summed E-state index contributed by atoms with van der Waals surface area (Å²) in [5.74, 6) is -0.552. The molecular formula is C23H37NO3. The quantitative estimate of drug-likeness (QED) is 0.690. The molecule has 1 fully saturated rings. The Morgan fingerprint density at radius 3 is 2.19 bits per heavy atom. The van der Waals surface area contributed by atoms with Crippen LogP contribution in [0, 0.1) is 26.7 Å². The molecule has 1 saturated carbocycles. The zero-order chi connectivity index (χ0) is 20.0. The molecule has 0 aliphatic heterocycles. The van der Waals surface area contributed by atoms with Crippen LogP contribution >= 0.6 is 0 Å². The average molecular weight is 376 g/mol. The molecule has 0 bridgehead atoms. The van der Waals surface area contributed by atoms with Gasteiger partial charge in [-0.1, -0.05) is 50.8 Å². The Morgan fingerprint density at radius 1 is 1.11 bits per heavy atom. The van der Waals surface area contributed by atoms with E-state index < -0.39 is 11.6 Å². The van der Waals surface area contributed by atoms with Gasteiger partial charge in [-0.2, -0.15) is 0 Å². The second-order valence-electron chi connectivity index (χ2n) is 8.04. The Bertz CT molecular complexity index is 610. The molecule has 1 atom stereocenters. The highest BCUT2D eigenvalue weighted by Gasteiger charge is 2.48. The number of hydrogen-bond donors (Lipinski definition) is 1. The van der Waals surface area contributed by atoms with Crippen LogP contribution in [0.5, 0.6) is 0 Å². The molecule has 4 heteroatoms. The molecule has 0 heterocycles. The van der Waals surface area contributed by atoms with Crippen LogP contribution in [0.15, 0.2) is 12.1 Å². The van der Waals surface area contributed by atoms with Crippen LogP contribution in [-0.2, 0) is 15.1 Å². The molecule has 2 rings (SSSR count). The van der Waals surface area contributed by atoms with Crippen molar-refractivity contribution in [1.82, 2.24) is 4.90 Å². The van der Waals surface area contributed by atoms with Crippen molar-refractivity contribution in [3.05, 3.63) is 34.4 Å². The van der Waals surface area contributed by atoms with Gasteiger partial charge < -0.3 is 14.7 Å². The molecule has 1 aliphatic rings. The first kappa shape index (κ1) is 21.9. The molecule has 0 spiro atoms. The molecule has 4 nitrogen and oxygen atoms in total. The fourth-order valence-corrected chi connectivity index (χ4v) is 4.69. The van der Waals surface area contributed by atoms with Gasteiger partial charge >= 0.3 is 5.97 Å². The lowest BCUT2D eigenvalue weighted by atomic mass is 9.71. The van der Waals surface area contributed by atoms with Crippen LogP contribution in [0.25, 0.3) is 0 Å². The molecule has 152 valence electrons. The SMILES string of the molecule is CCN(CC)CCOC(=O)C(O)(c1c(C)cc(C)cc1C)C1CCCCC1. The predicted octanol–water partition coefficient (Wildman–Crippen LogP) is 4.26. The summed E-state index contributed by atoms with van der Waals surface area (Å²) in [5.41, 5.74) is 2.30.